The van der Waals surface area contributed by atoms with Crippen molar-refractivity contribution in [2.24, 2.45) is 0 Å². The van der Waals surface area contributed by atoms with Crippen LogP contribution >= 0.6 is 46.6 Å². The Morgan fingerprint density at radius 3 is 1.98 bits per heavy atom. The Morgan fingerprint density at radius 1 is 0.956 bits per heavy atom. The first kappa shape index (κ1) is 37.4. The molecule has 0 aliphatic carbocycles. The van der Waals surface area contributed by atoms with E-state index in [1.54, 1.807) is 30.3 Å². The van der Waals surface area contributed by atoms with Crippen molar-refractivity contribution >= 4 is 74.6 Å². The van der Waals surface area contributed by atoms with Gasteiger partial charge in [0, 0.05) is 4.75 Å². The fourth-order valence-corrected chi connectivity index (χ4v) is 7.57. The highest BCUT2D eigenvalue weighted by atomic mass is 35.6. The number of halogens is 12. The van der Waals surface area contributed by atoms with Gasteiger partial charge in [-0.1, -0.05) is 65.1 Å². The monoisotopic (exact) mass is 762 g/mol. The van der Waals surface area contributed by atoms with E-state index in [0.29, 0.717) is 22.2 Å². The second-order valence-electron chi connectivity index (χ2n) is 9.93. The molecule has 9 nitrogen and oxygen atoms in total. The van der Waals surface area contributed by atoms with E-state index in [9.17, 15) is 62.3 Å². The lowest BCUT2D eigenvalue weighted by atomic mass is 9.96. The lowest BCUT2D eigenvalue weighted by Gasteiger charge is -2.48. The first-order valence-corrected chi connectivity index (χ1v) is 15.3. The number of hydrogen-bond donors (Lipinski definition) is 0. The fourth-order valence-electron chi connectivity index (χ4n) is 4.21. The van der Waals surface area contributed by atoms with Gasteiger partial charge in [0.2, 0.25) is 3.79 Å². The van der Waals surface area contributed by atoms with Gasteiger partial charge < -0.3 is 14.4 Å². The molecule has 0 aromatic heterocycles. The van der Waals surface area contributed by atoms with Crippen LogP contribution in [0.25, 0.3) is 0 Å². The maximum Gasteiger partial charge on any atom is 0.460 e. The minimum atomic E-state index is -7.76. The molecule has 2 aliphatic heterocycles. The molecule has 1 aromatic carbocycles. The van der Waals surface area contributed by atoms with Crippen molar-refractivity contribution in [3.05, 3.63) is 35.9 Å². The molecule has 2 fully saturated rings. The highest BCUT2D eigenvalue weighted by Crippen LogP contribution is 2.57. The van der Waals surface area contributed by atoms with Crippen molar-refractivity contribution in [1.82, 2.24) is 9.21 Å². The van der Waals surface area contributed by atoms with Crippen LogP contribution in [0.2, 0.25) is 0 Å². The van der Waals surface area contributed by atoms with Crippen molar-refractivity contribution in [2.45, 2.75) is 69.7 Å². The number of nitrogens with zero attached hydrogens (tertiary/aromatic N) is 2. The number of β-lactam (4-membered cyclic amide) rings is 1. The third-order valence-electron chi connectivity index (χ3n) is 6.35. The zero-order valence-corrected chi connectivity index (χ0v) is 26.0. The minimum Gasteiger partial charge on any atom is -0.459 e. The van der Waals surface area contributed by atoms with Crippen LogP contribution in [0.15, 0.2) is 30.3 Å². The molecule has 1 aromatic rings. The summed E-state index contributed by atoms with van der Waals surface area (Å²) in [6, 6.07) is 3.48. The van der Waals surface area contributed by atoms with Gasteiger partial charge in [-0.3, -0.25) is 4.79 Å². The topological polar surface area (TPSA) is 110 Å². The number of hydrogen-bond acceptors (Lipinski definition) is 8. The quantitative estimate of drug-likeness (QED) is 0.136. The number of fused-ring (bicyclic) bond motifs is 1. The van der Waals surface area contributed by atoms with E-state index in [2.05, 4.69) is 4.74 Å². The Bertz CT molecular complexity index is 1450. The number of sulfonamides is 1. The molecular formula is C22H18Cl3F9N2O7S2. The predicted octanol–water partition coefficient (Wildman–Crippen LogP) is 5.73. The van der Waals surface area contributed by atoms with E-state index < -0.39 is 88.2 Å². The Labute approximate surface area is 267 Å². The molecule has 45 heavy (non-hydrogen) atoms. The highest BCUT2D eigenvalue weighted by molar-refractivity contribution is 8.01. The van der Waals surface area contributed by atoms with Crippen molar-refractivity contribution in [1.29, 1.82) is 0 Å². The summed E-state index contributed by atoms with van der Waals surface area (Å²) in [4.78, 5) is 39.5. The lowest BCUT2D eigenvalue weighted by Crippen LogP contribution is -2.75. The molecule has 2 heterocycles. The van der Waals surface area contributed by atoms with Crippen LogP contribution in [0.5, 0.6) is 0 Å². The second-order valence-corrected chi connectivity index (χ2v) is 16.1. The first-order valence-electron chi connectivity index (χ1n) is 11.8. The molecule has 254 valence electrons. The molecule has 3 rings (SSSR count). The number of rotatable bonds is 9. The number of carbonyl (C=O) groups excluding carboxylic acids is 3. The molecular weight excluding hydrogens is 746 g/mol. The largest absolute Gasteiger partial charge is 0.460 e. The number of benzene rings is 1. The number of alkyl halides is 12. The van der Waals surface area contributed by atoms with Crippen molar-refractivity contribution in [3.8, 4) is 0 Å². The molecule has 0 bridgehead atoms. The van der Waals surface area contributed by atoms with Gasteiger partial charge in [0.15, 0.2) is 6.04 Å². The molecule has 2 amide bonds. The summed E-state index contributed by atoms with van der Waals surface area (Å²) in [6.45, 7) is 0.708. The van der Waals surface area contributed by atoms with E-state index in [1.807, 2.05) is 0 Å². The minimum absolute atomic E-state index is 0.342. The molecule has 0 saturated carbocycles. The van der Waals surface area contributed by atoms with E-state index in [0.717, 1.165) is 0 Å². The van der Waals surface area contributed by atoms with E-state index in [1.165, 1.54) is 13.8 Å². The number of carbonyl (C=O) groups is 3. The van der Waals surface area contributed by atoms with Crippen LogP contribution in [-0.4, -0.2) is 91.5 Å². The summed E-state index contributed by atoms with van der Waals surface area (Å²) in [5.41, 5.74) is 0.478. The van der Waals surface area contributed by atoms with Gasteiger partial charge in [-0.15, -0.1) is 11.8 Å². The number of esters is 1. The van der Waals surface area contributed by atoms with Crippen molar-refractivity contribution in [3.63, 3.8) is 0 Å². The number of amides is 2. The normalized spacial score (nSPS) is 22.4. The molecule has 2 saturated heterocycles. The standard InChI is InChI=1S/C22H18Cl3F9N2O7S2/c1-17(2)12(15(38)42-8-10-6-4-3-5-7-10)35-13(37)11(14(35)44-17)36(16(39)43-9-18(23,24)25)45(40,41)22(33,34)20(28,29)19(26,27)21(30,31)32/h3-7,11-12,14H,8-9H2,1-2H3/t11-,12+,14-/m1/s1. The number of thioether (sulfide) groups is 1. The maximum absolute atomic E-state index is 14.8. The van der Waals surface area contributed by atoms with Gasteiger partial charge in [-0.25, -0.2) is 9.59 Å². The molecule has 3 atom stereocenters. The average Bonchev–Trinajstić information content (AvgIpc) is 3.15. The van der Waals surface area contributed by atoms with E-state index >= 15 is 0 Å². The van der Waals surface area contributed by atoms with Crippen LogP contribution in [-0.2, 0) is 35.7 Å². The third-order valence-corrected chi connectivity index (χ3v) is 10.0. The lowest BCUT2D eigenvalue weighted by molar-refractivity contribution is -0.382. The summed E-state index contributed by atoms with van der Waals surface area (Å²) in [5.74, 6) is -18.3. The summed E-state index contributed by atoms with van der Waals surface area (Å²) >= 11 is 16.5. The van der Waals surface area contributed by atoms with Crippen LogP contribution in [0.4, 0.5) is 44.3 Å². The predicted molar refractivity (Wildman–Crippen MR) is 139 cm³/mol. The van der Waals surface area contributed by atoms with Crippen LogP contribution in [0.3, 0.4) is 0 Å². The van der Waals surface area contributed by atoms with Crippen LogP contribution in [0.1, 0.15) is 19.4 Å². The Kier molecular flexibility index (Phi) is 9.89. The van der Waals surface area contributed by atoms with Crippen molar-refractivity contribution in [2.75, 3.05) is 6.61 Å². The average molecular weight is 764 g/mol. The Balaban J connectivity index is 2.05. The molecule has 23 heteroatoms. The second kappa shape index (κ2) is 11.9. The molecule has 0 spiro atoms. The van der Waals surface area contributed by atoms with E-state index in [4.69, 9.17) is 39.5 Å². The van der Waals surface area contributed by atoms with E-state index in [-0.39, 0.29) is 6.61 Å². The Hall–Kier alpha value is -2.03. The summed E-state index contributed by atoms with van der Waals surface area (Å²) in [7, 11) is -7.73. The smallest absolute Gasteiger partial charge is 0.459 e. The fraction of sp³-hybridized carbons (Fsp3) is 0.591. The molecule has 0 radical (unpaired) electrons. The first-order chi connectivity index (χ1) is 20.1. The van der Waals surface area contributed by atoms with Gasteiger partial charge in [-0.2, -0.15) is 52.2 Å². The maximum atomic E-state index is 14.8. The zero-order chi connectivity index (χ0) is 34.8. The number of ether oxygens (including phenoxy) is 2. The summed E-state index contributed by atoms with van der Waals surface area (Å²) < 4.78 is 153. The summed E-state index contributed by atoms with van der Waals surface area (Å²) in [5, 5.41) is -9.30. The third kappa shape index (κ3) is 6.45. The van der Waals surface area contributed by atoms with Gasteiger partial charge >= 0.3 is 45.4 Å². The van der Waals surface area contributed by atoms with Gasteiger partial charge in [0.05, 0.1) is 0 Å². The summed E-state index contributed by atoms with van der Waals surface area (Å²) in [6.07, 6.45) is -10.1. The van der Waals surface area contributed by atoms with Crippen LogP contribution in [0, 0.1) is 0 Å². The molecule has 0 unspecified atom stereocenters. The van der Waals surface area contributed by atoms with Gasteiger partial charge in [0.25, 0.3) is 5.91 Å². The highest BCUT2D eigenvalue weighted by Gasteiger charge is 2.87. The van der Waals surface area contributed by atoms with Crippen LogP contribution < -0.4 is 0 Å². The van der Waals surface area contributed by atoms with Crippen molar-refractivity contribution < 1.29 is 71.8 Å². The molecule has 2 aliphatic rings. The van der Waals surface area contributed by atoms with Gasteiger partial charge in [0.1, 0.15) is 24.6 Å². The molecule has 0 N–H and O–H groups in total. The Morgan fingerprint density at radius 2 is 1.49 bits per heavy atom. The zero-order valence-electron chi connectivity index (χ0n) is 22.1. The SMILES string of the molecule is CC1(C)S[C@@H]2[C@H](N(C(=O)OCC(Cl)(Cl)Cl)S(=O)(=O)C(F)(F)C(F)(F)C(F)(F)C(F)(F)F)C(=O)N2[C@H]1C(=O)OCc1ccccc1. The van der Waals surface area contributed by atoms with Gasteiger partial charge in [-0.05, 0) is 19.4 Å².